The van der Waals surface area contributed by atoms with Crippen LogP contribution in [0.2, 0.25) is 0 Å². The summed E-state index contributed by atoms with van der Waals surface area (Å²) in [5.41, 5.74) is 0. The number of unbranched alkanes of at least 4 members (excludes halogenated alkanes) is 1. The lowest BCUT2D eigenvalue weighted by Crippen LogP contribution is -2.56. The quantitative estimate of drug-likeness (QED) is 0.408. The molecule has 0 N–H and O–H groups in total. The summed E-state index contributed by atoms with van der Waals surface area (Å²) in [6, 6.07) is 0. The molecule has 28 heavy (non-hydrogen) atoms. The Balaban J connectivity index is 2.05. The lowest BCUT2D eigenvalue weighted by atomic mass is 9.69. The Hall–Kier alpha value is -1.25. The summed E-state index contributed by atoms with van der Waals surface area (Å²) in [6.45, 7) is 5.47. The van der Waals surface area contributed by atoms with Gasteiger partial charge in [0.2, 0.25) is 0 Å². The Morgan fingerprint density at radius 3 is 2.43 bits per heavy atom. The van der Waals surface area contributed by atoms with E-state index in [4.69, 9.17) is 9.47 Å². The van der Waals surface area contributed by atoms with Crippen molar-refractivity contribution in [3.8, 4) is 0 Å². The molecule has 4 unspecified atom stereocenters. The average Bonchev–Trinajstić information content (AvgIpc) is 2.64. The highest BCUT2D eigenvalue weighted by atomic mass is 19.4. The number of ketones is 1. The monoisotopic (exact) mass is 412 g/mol. The molecule has 9 heteroatoms. The summed E-state index contributed by atoms with van der Waals surface area (Å²) < 4.78 is 76.0. The Bertz CT molecular complexity index is 563. The maximum absolute atomic E-state index is 13.8. The third-order valence-corrected chi connectivity index (χ3v) is 5.41. The van der Waals surface area contributed by atoms with E-state index in [9.17, 15) is 31.5 Å². The molecule has 2 saturated heterocycles. The maximum atomic E-state index is 13.8. The summed E-state index contributed by atoms with van der Waals surface area (Å²) in [5.74, 6) is -9.43. The molecule has 2 radical (unpaired) electrons. The lowest BCUT2D eigenvalue weighted by molar-refractivity contribution is -0.325. The molecule has 3 aliphatic rings. The van der Waals surface area contributed by atoms with E-state index in [0.717, 1.165) is 0 Å². The topological polar surface area (TPSA) is 52.6 Å². The Morgan fingerprint density at radius 1 is 1.25 bits per heavy atom. The molecule has 4 nitrogen and oxygen atoms in total. The van der Waals surface area contributed by atoms with Gasteiger partial charge in [0, 0.05) is 6.42 Å². The SMILES string of the molecule is [CH2]CCCC(CC(=O)[C]1OC2CCC1CC2C(F)(F)C(F)(F)F)C(=O)OCC. The minimum atomic E-state index is -5.66. The fraction of sp³-hybridized carbons (Fsp3) is 0.789. The van der Waals surface area contributed by atoms with Crippen molar-refractivity contribution in [2.75, 3.05) is 6.61 Å². The molecule has 1 saturated carbocycles. The minimum Gasteiger partial charge on any atom is -0.466 e. The number of esters is 1. The predicted molar refractivity (Wildman–Crippen MR) is 88.9 cm³/mol. The number of hydrogen-bond donors (Lipinski definition) is 0. The van der Waals surface area contributed by atoms with Crippen molar-refractivity contribution in [3.63, 3.8) is 0 Å². The van der Waals surface area contributed by atoms with Crippen LogP contribution in [-0.4, -0.2) is 36.6 Å². The van der Waals surface area contributed by atoms with Gasteiger partial charge in [0.15, 0.2) is 11.9 Å². The van der Waals surface area contributed by atoms with Gasteiger partial charge in [-0.3, -0.25) is 9.59 Å². The van der Waals surface area contributed by atoms with Gasteiger partial charge in [0.1, 0.15) is 0 Å². The van der Waals surface area contributed by atoms with Crippen molar-refractivity contribution in [2.24, 2.45) is 17.8 Å². The molecule has 3 fully saturated rings. The zero-order valence-corrected chi connectivity index (χ0v) is 15.7. The Morgan fingerprint density at radius 2 is 1.93 bits per heavy atom. The van der Waals surface area contributed by atoms with Gasteiger partial charge in [0.05, 0.1) is 24.5 Å². The lowest BCUT2D eigenvalue weighted by Gasteiger charge is -2.48. The van der Waals surface area contributed by atoms with Crippen LogP contribution in [0.3, 0.4) is 0 Å². The highest BCUT2D eigenvalue weighted by molar-refractivity contribution is 5.93. The summed E-state index contributed by atoms with van der Waals surface area (Å²) in [5, 5.41) is 0. The van der Waals surface area contributed by atoms with Crippen LogP contribution in [0.5, 0.6) is 0 Å². The number of ether oxygens (including phenoxy) is 2. The molecule has 0 aromatic carbocycles. The molecule has 0 amide bonds. The van der Waals surface area contributed by atoms with Crippen LogP contribution in [0.1, 0.15) is 51.9 Å². The smallest absolute Gasteiger partial charge is 0.453 e. The van der Waals surface area contributed by atoms with Gasteiger partial charge in [-0.1, -0.05) is 19.8 Å². The molecule has 1 aliphatic carbocycles. The molecule has 160 valence electrons. The van der Waals surface area contributed by atoms with Crippen molar-refractivity contribution in [1.29, 1.82) is 0 Å². The zero-order valence-electron chi connectivity index (χ0n) is 15.7. The summed E-state index contributed by atoms with van der Waals surface area (Å²) in [4.78, 5) is 24.7. The van der Waals surface area contributed by atoms with Crippen molar-refractivity contribution < 1.29 is 41.0 Å². The largest absolute Gasteiger partial charge is 0.466 e. The van der Waals surface area contributed by atoms with Gasteiger partial charge in [0.25, 0.3) is 0 Å². The average molecular weight is 412 g/mol. The number of carbonyl (C=O) groups is 2. The van der Waals surface area contributed by atoms with E-state index in [1.807, 2.05) is 0 Å². The third-order valence-electron chi connectivity index (χ3n) is 5.41. The van der Waals surface area contributed by atoms with Gasteiger partial charge >= 0.3 is 18.1 Å². The van der Waals surface area contributed by atoms with E-state index < -0.39 is 54.1 Å². The number of alkyl halides is 5. The van der Waals surface area contributed by atoms with Crippen molar-refractivity contribution in [1.82, 2.24) is 0 Å². The van der Waals surface area contributed by atoms with Crippen LogP contribution in [0, 0.1) is 30.8 Å². The summed E-state index contributed by atoms with van der Waals surface area (Å²) >= 11 is 0. The first kappa shape index (κ1) is 23.0. The standard InChI is InChI=1S/C19H25F5O4/c1-3-5-6-12(17(26)27-4-2)10-14(25)16-11-7-8-15(28-16)13(9-11)18(20,21)19(22,23)24/h11-13,15H,1,3-10H2,2H3. The van der Waals surface area contributed by atoms with Crippen LogP contribution < -0.4 is 0 Å². The van der Waals surface area contributed by atoms with E-state index in [1.54, 1.807) is 6.92 Å². The van der Waals surface area contributed by atoms with Crippen LogP contribution in [0.25, 0.3) is 0 Å². The number of halogens is 5. The van der Waals surface area contributed by atoms with Crippen LogP contribution in [0.15, 0.2) is 0 Å². The molecule has 4 atom stereocenters. The minimum absolute atomic E-state index is 0.0423. The van der Waals surface area contributed by atoms with Gasteiger partial charge < -0.3 is 9.47 Å². The van der Waals surface area contributed by atoms with Gasteiger partial charge in [-0.25, -0.2) is 0 Å². The Kier molecular flexibility index (Phi) is 7.44. The molecule has 0 aromatic rings. The first-order valence-corrected chi connectivity index (χ1v) is 9.50. The second-order valence-corrected chi connectivity index (χ2v) is 7.33. The van der Waals surface area contributed by atoms with Crippen molar-refractivity contribution >= 4 is 11.8 Å². The number of fused-ring (bicyclic) bond motifs is 3. The molecule has 0 spiro atoms. The molecule has 2 aliphatic heterocycles. The maximum Gasteiger partial charge on any atom is 0.453 e. The molecule has 0 aromatic heterocycles. The Labute approximate surface area is 161 Å². The normalized spacial score (nSPS) is 26.9. The second kappa shape index (κ2) is 9.05. The van der Waals surface area contributed by atoms with Crippen LogP contribution in [-0.2, 0) is 19.1 Å². The molecular formula is C19H25F5O4. The van der Waals surface area contributed by atoms with E-state index in [-0.39, 0.29) is 25.6 Å². The zero-order chi connectivity index (χ0) is 21.1. The van der Waals surface area contributed by atoms with Crippen molar-refractivity contribution in [3.05, 3.63) is 13.0 Å². The second-order valence-electron chi connectivity index (χ2n) is 7.33. The van der Waals surface area contributed by atoms with E-state index in [2.05, 4.69) is 6.92 Å². The number of hydrogen-bond acceptors (Lipinski definition) is 4. The number of Topliss-reactive ketones (excluding diaryl/α,β-unsaturated/α-hetero) is 1. The van der Waals surface area contributed by atoms with Crippen molar-refractivity contribution in [2.45, 2.75) is 70.1 Å². The van der Waals surface area contributed by atoms with Gasteiger partial charge in [-0.15, -0.1) is 0 Å². The first-order valence-electron chi connectivity index (χ1n) is 9.50. The van der Waals surface area contributed by atoms with E-state index in [0.29, 0.717) is 25.7 Å². The first-order chi connectivity index (χ1) is 13.0. The molecule has 2 heterocycles. The molecular weight excluding hydrogens is 387 g/mol. The van der Waals surface area contributed by atoms with E-state index in [1.165, 1.54) is 0 Å². The summed E-state index contributed by atoms with van der Waals surface area (Å²) in [6.07, 6.45) is -5.86. The van der Waals surface area contributed by atoms with E-state index >= 15 is 0 Å². The molecule has 2 bridgehead atoms. The highest BCUT2D eigenvalue weighted by Gasteiger charge is 2.67. The highest BCUT2D eigenvalue weighted by Crippen LogP contribution is 2.54. The number of rotatable bonds is 9. The fourth-order valence-electron chi connectivity index (χ4n) is 3.94. The summed E-state index contributed by atoms with van der Waals surface area (Å²) in [7, 11) is 0. The van der Waals surface area contributed by atoms with Crippen LogP contribution in [0.4, 0.5) is 22.0 Å². The van der Waals surface area contributed by atoms with Crippen LogP contribution >= 0.6 is 0 Å². The number of carbonyl (C=O) groups excluding carboxylic acids is 2. The predicted octanol–water partition coefficient (Wildman–Crippen LogP) is 4.67. The van der Waals surface area contributed by atoms with Gasteiger partial charge in [-0.2, -0.15) is 22.0 Å². The third kappa shape index (κ3) is 4.83. The van der Waals surface area contributed by atoms with Gasteiger partial charge in [-0.05, 0) is 38.5 Å². The fourth-order valence-corrected chi connectivity index (χ4v) is 3.94. The molecule has 3 rings (SSSR count).